The molecule has 0 unspecified atom stereocenters. The van der Waals surface area contributed by atoms with E-state index in [2.05, 4.69) is 11.6 Å². The Balaban J connectivity index is 0.000000490. The van der Waals surface area contributed by atoms with Crippen LogP contribution in [0.4, 0.5) is 0 Å². The van der Waals surface area contributed by atoms with E-state index in [0.29, 0.717) is 0 Å². The maximum absolute atomic E-state index is 3.66. The molecule has 2 radical (unpaired) electrons. The summed E-state index contributed by atoms with van der Waals surface area (Å²) < 4.78 is 0. The molecule has 0 atom stereocenters. The molecule has 36 valence electrons. The van der Waals surface area contributed by atoms with Crippen molar-refractivity contribution in [1.29, 1.82) is 0 Å². The summed E-state index contributed by atoms with van der Waals surface area (Å²) in [5, 5.41) is 0. The minimum atomic E-state index is 0. The Bertz CT molecular complexity index is 135. The van der Waals surface area contributed by atoms with Crippen molar-refractivity contribution >= 4 is 25.1 Å². The van der Waals surface area contributed by atoms with Gasteiger partial charge in [0, 0.05) is 18.9 Å². The van der Waals surface area contributed by atoms with Crippen LogP contribution in [0.15, 0.2) is 24.4 Å². The SMILES string of the molecule is C=C1[CH]C=CC=[NH+]1.[Li]. The zero-order valence-electron chi connectivity index (χ0n) is 5.02. The van der Waals surface area contributed by atoms with E-state index in [0.717, 1.165) is 5.70 Å². The van der Waals surface area contributed by atoms with Crippen LogP contribution >= 0.6 is 0 Å². The first kappa shape index (κ1) is 7.75. The molecule has 0 aromatic carbocycles. The van der Waals surface area contributed by atoms with Gasteiger partial charge in [-0.3, -0.25) is 0 Å². The second kappa shape index (κ2) is 3.71. The number of rotatable bonds is 0. The van der Waals surface area contributed by atoms with Crippen LogP contribution in [0.25, 0.3) is 0 Å². The van der Waals surface area contributed by atoms with Crippen LogP contribution in [-0.4, -0.2) is 25.1 Å². The van der Waals surface area contributed by atoms with E-state index < -0.39 is 0 Å². The van der Waals surface area contributed by atoms with E-state index >= 15 is 0 Å². The van der Waals surface area contributed by atoms with Crippen molar-refractivity contribution in [3.8, 4) is 0 Å². The van der Waals surface area contributed by atoms with Crippen LogP contribution < -0.4 is 4.99 Å². The Labute approximate surface area is 61.4 Å². The van der Waals surface area contributed by atoms with Crippen molar-refractivity contribution in [3.05, 3.63) is 30.8 Å². The van der Waals surface area contributed by atoms with E-state index in [-0.39, 0.29) is 18.9 Å². The van der Waals surface area contributed by atoms with Crippen LogP contribution in [0.5, 0.6) is 0 Å². The topological polar surface area (TPSA) is 14.0 Å². The van der Waals surface area contributed by atoms with Crippen LogP contribution in [0.2, 0.25) is 0 Å². The van der Waals surface area contributed by atoms with Gasteiger partial charge in [0.15, 0.2) is 11.9 Å². The average Bonchev–Trinajstić information content (AvgIpc) is 1.69. The fourth-order valence-electron chi connectivity index (χ4n) is 0.431. The molecule has 1 N–H and O–H groups in total. The van der Waals surface area contributed by atoms with Crippen molar-refractivity contribution in [2.75, 3.05) is 0 Å². The first-order valence-electron chi connectivity index (χ1n) is 2.18. The molecule has 0 spiro atoms. The molecule has 1 nitrogen and oxygen atoms in total. The third kappa shape index (κ3) is 2.16. The summed E-state index contributed by atoms with van der Waals surface area (Å²) in [7, 11) is 0. The Morgan fingerprint density at radius 2 is 2.12 bits per heavy atom. The second-order valence-corrected chi connectivity index (χ2v) is 1.39. The van der Waals surface area contributed by atoms with Gasteiger partial charge in [-0.05, 0) is 12.7 Å². The van der Waals surface area contributed by atoms with Crippen molar-refractivity contribution in [2.45, 2.75) is 0 Å². The van der Waals surface area contributed by atoms with Crippen molar-refractivity contribution in [2.24, 2.45) is 0 Å². The molecule has 1 heterocycles. The van der Waals surface area contributed by atoms with Crippen LogP contribution in [0, 0.1) is 6.42 Å². The summed E-state index contributed by atoms with van der Waals surface area (Å²) in [6.07, 6.45) is 7.63. The summed E-state index contributed by atoms with van der Waals surface area (Å²) in [6, 6.07) is 0. The normalized spacial score (nSPS) is 15.8. The summed E-state index contributed by atoms with van der Waals surface area (Å²) in [6.45, 7) is 3.66. The molecular weight excluding hydrogens is 93.0 g/mol. The maximum Gasteiger partial charge on any atom is 0.180 e. The molecule has 0 saturated heterocycles. The predicted octanol–water partition coefficient (Wildman–Crippen LogP) is -0.955. The van der Waals surface area contributed by atoms with E-state index in [1.54, 1.807) is 0 Å². The second-order valence-electron chi connectivity index (χ2n) is 1.39. The Morgan fingerprint density at radius 1 is 1.38 bits per heavy atom. The Hall–Kier alpha value is -0.253. The van der Waals surface area contributed by atoms with E-state index in [1.807, 2.05) is 24.8 Å². The minimum Gasteiger partial charge on any atom is -0.215 e. The third-order valence-electron chi connectivity index (χ3n) is 0.773. The van der Waals surface area contributed by atoms with Gasteiger partial charge >= 0.3 is 0 Å². The Kier molecular flexibility index (Phi) is 3.60. The molecule has 0 saturated carbocycles. The predicted molar refractivity (Wildman–Crippen MR) is 35.4 cm³/mol. The molecule has 0 aromatic rings. The van der Waals surface area contributed by atoms with Gasteiger partial charge in [0.1, 0.15) is 0 Å². The first-order chi connectivity index (χ1) is 3.39. The molecule has 8 heavy (non-hydrogen) atoms. The van der Waals surface area contributed by atoms with Gasteiger partial charge in [-0.2, -0.15) is 0 Å². The number of hydrogen-bond donors (Lipinski definition) is 1. The zero-order chi connectivity index (χ0) is 5.11. The minimum absolute atomic E-state index is 0. The van der Waals surface area contributed by atoms with Gasteiger partial charge in [0.2, 0.25) is 0 Å². The fourth-order valence-corrected chi connectivity index (χ4v) is 0.431. The van der Waals surface area contributed by atoms with Crippen molar-refractivity contribution < 1.29 is 4.99 Å². The van der Waals surface area contributed by atoms with E-state index in [1.165, 1.54) is 0 Å². The number of allylic oxidation sites excluding steroid dienone is 2. The Morgan fingerprint density at radius 3 is 2.38 bits per heavy atom. The van der Waals surface area contributed by atoms with Gasteiger partial charge in [-0.25, -0.2) is 4.99 Å². The molecule has 0 amide bonds. The molecule has 0 aromatic heterocycles. The molecule has 0 aliphatic carbocycles. The van der Waals surface area contributed by atoms with E-state index in [9.17, 15) is 0 Å². The van der Waals surface area contributed by atoms with Crippen molar-refractivity contribution in [1.82, 2.24) is 0 Å². The van der Waals surface area contributed by atoms with Crippen LogP contribution in [0.3, 0.4) is 0 Å². The van der Waals surface area contributed by atoms with Gasteiger partial charge < -0.3 is 0 Å². The summed E-state index contributed by atoms with van der Waals surface area (Å²) in [5.74, 6) is 0. The summed E-state index contributed by atoms with van der Waals surface area (Å²) >= 11 is 0. The van der Waals surface area contributed by atoms with Crippen LogP contribution in [-0.2, 0) is 0 Å². The standard InChI is InChI=1S/C6H6N.Li/c1-6-4-2-3-5-7-6;/h2-5H,1H2;/p+1. The smallest absolute Gasteiger partial charge is 0.180 e. The third-order valence-corrected chi connectivity index (χ3v) is 0.773. The fraction of sp³-hybridized carbons (Fsp3) is 0. The molecule has 2 heteroatoms. The molecule has 1 rings (SSSR count). The van der Waals surface area contributed by atoms with E-state index in [4.69, 9.17) is 0 Å². The van der Waals surface area contributed by atoms with Gasteiger partial charge in [0.25, 0.3) is 0 Å². The average molecular weight is 100 g/mol. The molecule has 1 aliphatic rings. The summed E-state index contributed by atoms with van der Waals surface area (Å²) in [5.41, 5.74) is 0.947. The van der Waals surface area contributed by atoms with Gasteiger partial charge in [-0.15, -0.1) is 0 Å². The van der Waals surface area contributed by atoms with Gasteiger partial charge in [0.05, 0.1) is 6.42 Å². The molecule has 0 fully saturated rings. The number of nitrogens with one attached hydrogen (secondary N) is 1. The van der Waals surface area contributed by atoms with Gasteiger partial charge in [-0.1, -0.05) is 6.08 Å². The zero-order valence-corrected chi connectivity index (χ0v) is 5.02. The van der Waals surface area contributed by atoms with Crippen LogP contribution in [0.1, 0.15) is 0 Å². The summed E-state index contributed by atoms with van der Waals surface area (Å²) in [4.78, 5) is 2.92. The maximum atomic E-state index is 3.66. The molecular formula is C6H7LiN+. The quantitative estimate of drug-likeness (QED) is 0.377. The van der Waals surface area contributed by atoms with Crippen molar-refractivity contribution in [3.63, 3.8) is 0 Å². The monoisotopic (exact) mass is 100 g/mol. The molecule has 1 aliphatic heterocycles. The molecule has 0 bridgehead atoms. The largest absolute Gasteiger partial charge is 0.215 e. The number of hydrogen-bond acceptors (Lipinski definition) is 0. The first-order valence-corrected chi connectivity index (χ1v) is 2.18.